The molecule has 0 aliphatic carbocycles. The maximum atomic E-state index is 13.0. The lowest BCUT2D eigenvalue weighted by Gasteiger charge is -2.29. The highest BCUT2D eigenvalue weighted by molar-refractivity contribution is 7.88. The third kappa shape index (κ3) is 4.83. The summed E-state index contributed by atoms with van der Waals surface area (Å²) in [6, 6.07) is 13.7. The lowest BCUT2D eigenvalue weighted by atomic mass is 10.1. The molecule has 1 saturated heterocycles. The zero-order valence-electron chi connectivity index (χ0n) is 15.1. The van der Waals surface area contributed by atoms with Gasteiger partial charge in [-0.25, -0.2) is 17.1 Å². The van der Waals surface area contributed by atoms with Gasteiger partial charge in [0.1, 0.15) is 5.82 Å². The Morgan fingerprint density at radius 1 is 0.923 bits per heavy atom. The molecule has 3 rings (SSSR count). The van der Waals surface area contributed by atoms with Crippen LogP contribution in [0.25, 0.3) is 0 Å². The number of hydrogen-bond acceptors (Lipinski definition) is 3. The summed E-state index contributed by atoms with van der Waals surface area (Å²) in [5.41, 5.74) is 2.74. The van der Waals surface area contributed by atoms with E-state index in [2.05, 4.69) is 17.0 Å². The second-order valence-corrected chi connectivity index (χ2v) is 8.93. The van der Waals surface area contributed by atoms with Crippen LogP contribution in [0.15, 0.2) is 48.5 Å². The van der Waals surface area contributed by atoms with Crippen LogP contribution in [0.4, 0.5) is 10.1 Å². The summed E-state index contributed by atoms with van der Waals surface area (Å²) in [7, 11) is -1.87. The lowest BCUT2D eigenvalue weighted by molar-refractivity contribution is 0.466. The van der Waals surface area contributed by atoms with Crippen LogP contribution in [-0.4, -0.2) is 32.9 Å². The number of halogens is 1. The molecule has 0 aromatic heterocycles. The third-order valence-corrected chi connectivity index (χ3v) is 6.58. The van der Waals surface area contributed by atoms with Gasteiger partial charge in [-0.05, 0) is 54.7 Å². The molecule has 2 aromatic rings. The number of hydrogen-bond donors (Lipinski definition) is 0. The van der Waals surface area contributed by atoms with Gasteiger partial charge in [-0.3, -0.25) is 0 Å². The van der Waals surface area contributed by atoms with Gasteiger partial charge in [0.05, 0.1) is 5.75 Å². The minimum absolute atomic E-state index is 0.129. The fourth-order valence-corrected chi connectivity index (χ4v) is 4.40. The molecule has 0 spiro atoms. The zero-order valence-corrected chi connectivity index (χ0v) is 15.9. The Bertz CT molecular complexity index is 814. The SMILES string of the molecule is CN(Cc1ccc(N2CCCCC2)cc1)S(=O)(=O)Cc1ccc(F)cc1. The normalized spacial score (nSPS) is 15.4. The maximum absolute atomic E-state index is 13.0. The van der Waals surface area contributed by atoms with Crippen molar-refractivity contribution in [3.63, 3.8) is 0 Å². The summed E-state index contributed by atoms with van der Waals surface area (Å²) in [5.74, 6) is -0.497. The van der Waals surface area contributed by atoms with E-state index in [1.165, 1.54) is 53.5 Å². The molecule has 26 heavy (non-hydrogen) atoms. The highest BCUT2D eigenvalue weighted by atomic mass is 32.2. The van der Waals surface area contributed by atoms with Crippen molar-refractivity contribution in [3.8, 4) is 0 Å². The summed E-state index contributed by atoms with van der Waals surface area (Å²) < 4.78 is 39.4. The van der Waals surface area contributed by atoms with E-state index in [1.807, 2.05) is 12.1 Å². The van der Waals surface area contributed by atoms with Crippen molar-refractivity contribution in [1.82, 2.24) is 4.31 Å². The highest BCUT2D eigenvalue weighted by Crippen LogP contribution is 2.21. The molecule has 0 atom stereocenters. The van der Waals surface area contributed by atoms with Crippen molar-refractivity contribution in [2.45, 2.75) is 31.6 Å². The van der Waals surface area contributed by atoms with Crippen LogP contribution in [0.1, 0.15) is 30.4 Å². The van der Waals surface area contributed by atoms with E-state index >= 15 is 0 Å². The number of nitrogens with zero attached hydrogens (tertiary/aromatic N) is 2. The van der Waals surface area contributed by atoms with Crippen molar-refractivity contribution in [1.29, 1.82) is 0 Å². The second-order valence-electron chi connectivity index (χ2n) is 6.85. The Kier molecular flexibility index (Phi) is 5.94. The molecule has 0 radical (unpaired) electrons. The fourth-order valence-electron chi connectivity index (χ4n) is 3.22. The van der Waals surface area contributed by atoms with Crippen LogP contribution in [-0.2, 0) is 22.3 Å². The molecule has 0 saturated carbocycles. The molecule has 0 N–H and O–H groups in total. The molecule has 0 bridgehead atoms. The standard InChI is InChI=1S/C20H25FN2O2S/c1-22(26(24,25)16-18-5-9-19(21)10-6-18)15-17-7-11-20(12-8-17)23-13-3-2-4-14-23/h5-12H,2-4,13-16H2,1H3. The second kappa shape index (κ2) is 8.18. The first kappa shape index (κ1) is 18.9. The first-order valence-corrected chi connectivity index (χ1v) is 10.6. The lowest BCUT2D eigenvalue weighted by Crippen LogP contribution is -2.29. The van der Waals surface area contributed by atoms with Gasteiger partial charge < -0.3 is 4.90 Å². The molecule has 2 aromatic carbocycles. The molecule has 1 heterocycles. The first-order chi connectivity index (χ1) is 12.4. The summed E-state index contributed by atoms with van der Waals surface area (Å²) in [4.78, 5) is 2.38. The van der Waals surface area contributed by atoms with E-state index in [1.54, 1.807) is 7.05 Å². The molecule has 0 unspecified atom stereocenters. The minimum Gasteiger partial charge on any atom is -0.372 e. The Morgan fingerprint density at radius 2 is 1.50 bits per heavy atom. The Balaban J connectivity index is 1.62. The molecule has 1 fully saturated rings. The predicted molar refractivity (Wildman–Crippen MR) is 103 cm³/mol. The van der Waals surface area contributed by atoms with E-state index in [-0.39, 0.29) is 11.6 Å². The van der Waals surface area contributed by atoms with Crippen molar-refractivity contribution in [2.75, 3.05) is 25.0 Å². The monoisotopic (exact) mass is 376 g/mol. The molecule has 6 heteroatoms. The number of rotatable bonds is 6. The molecular formula is C20H25FN2O2S. The summed E-state index contributed by atoms with van der Waals surface area (Å²) in [5, 5.41) is 0. The van der Waals surface area contributed by atoms with Crippen molar-refractivity contribution >= 4 is 15.7 Å². The smallest absolute Gasteiger partial charge is 0.218 e. The summed E-state index contributed by atoms with van der Waals surface area (Å²) in [6.07, 6.45) is 3.75. The average molecular weight is 376 g/mol. The van der Waals surface area contributed by atoms with Gasteiger partial charge in [-0.15, -0.1) is 0 Å². The largest absolute Gasteiger partial charge is 0.372 e. The predicted octanol–water partition coefficient (Wildman–Crippen LogP) is 3.78. The maximum Gasteiger partial charge on any atom is 0.218 e. The van der Waals surface area contributed by atoms with Gasteiger partial charge in [0, 0.05) is 32.4 Å². The number of anilines is 1. The van der Waals surface area contributed by atoms with Crippen LogP contribution < -0.4 is 4.90 Å². The number of sulfonamides is 1. The van der Waals surface area contributed by atoms with E-state index < -0.39 is 10.0 Å². The number of benzene rings is 2. The van der Waals surface area contributed by atoms with Gasteiger partial charge in [-0.1, -0.05) is 24.3 Å². The molecule has 4 nitrogen and oxygen atoms in total. The van der Waals surface area contributed by atoms with Crippen LogP contribution in [0.2, 0.25) is 0 Å². The molecule has 1 aliphatic rings. The zero-order chi connectivity index (χ0) is 18.6. The van der Waals surface area contributed by atoms with Gasteiger partial charge in [0.2, 0.25) is 10.0 Å². The Labute approximate surface area is 155 Å². The molecule has 140 valence electrons. The molecule has 1 aliphatic heterocycles. The van der Waals surface area contributed by atoms with E-state index in [4.69, 9.17) is 0 Å². The average Bonchev–Trinajstić information content (AvgIpc) is 2.65. The van der Waals surface area contributed by atoms with Crippen molar-refractivity contribution in [3.05, 3.63) is 65.5 Å². The minimum atomic E-state index is -3.45. The molecule has 0 amide bonds. The Morgan fingerprint density at radius 3 is 2.12 bits per heavy atom. The van der Waals surface area contributed by atoms with Gasteiger partial charge in [-0.2, -0.15) is 0 Å². The fraction of sp³-hybridized carbons (Fsp3) is 0.400. The highest BCUT2D eigenvalue weighted by Gasteiger charge is 2.19. The number of piperidine rings is 1. The Hall–Kier alpha value is -1.92. The van der Waals surface area contributed by atoms with E-state index in [0.717, 1.165) is 18.7 Å². The van der Waals surface area contributed by atoms with Crippen LogP contribution in [0.5, 0.6) is 0 Å². The van der Waals surface area contributed by atoms with E-state index in [0.29, 0.717) is 12.1 Å². The van der Waals surface area contributed by atoms with Crippen LogP contribution in [0.3, 0.4) is 0 Å². The first-order valence-electron chi connectivity index (χ1n) is 8.96. The topological polar surface area (TPSA) is 40.6 Å². The quantitative estimate of drug-likeness (QED) is 0.770. The summed E-state index contributed by atoms with van der Waals surface area (Å²) >= 11 is 0. The molecular weight excluding hydrogens is 351 g/mol. The summed E-state index contributed by atoms with van der Waals surface area (Å²) in [6.45, 7) is 2.50. The van der Waals surface area contributed by atoms with Gasteiger partial charge in [0.25, 0.3) is 0 Å². The van der Waals surface area contributed by atoms with Gasteiger partial charge in [0.15, 0.2) is 0 Å². The van der Waals surface area contributed by atoms with Crippen molar-refractivity contribution in [2.24, 2.45) is 0 Å². The van der Waals surface area contributed by atoms with Crippen molar-refractivity contribution < 1.29 is 12.8 Å². The van der Waals surface area contributed by atoms with Gasteiger partial charge >= 0.3 is 0 Å². The van der Waals surface area contributed by atoms with Crippen LogP contribution >= 0.6 is 0 Å². The third-order valence-electron chi connectivity index (χ3n) is 4.80. The van der Waals surface area contributed by atoms with Crippen LogP contribution in [0, 0.1) is 5.82 Å². The van der Waals surface area contributed by atoms with E-state index in [9.17, 15) is 12.8 Å².